The first-order chi connectivity index (χ1) is 15.0. The van der Waals surface area contributed by atoms with E-state index < -0.39 is 5.41 Å². The van der Waals surface area contributed by atoms with E-state index in [4.69, 9.17) is 4.74 Å². The molecule has 2 aromatic rings. The summed E-state index contributed by atoms with van der Waals surface area (Å²) in [6.07, 6.45) is 3.60. The van der Waals surface area contributed by atoms with Crippen molar-refractivity contribution >= 4 is 33.8 Å². The summed E-state index contributed by atoms with van der Waals surface area (Å²) < 4.78 is 10.5. The second kappa shape index (κ2) is 11.4. The molecule has 0 radical (unpaired) electrons. The number of hydrogen-bond acceptors (Lipinski definition) is 4. The molecule has 0 N–H and O–H groups in total. The molecule has 1 fully saturated rings. The Balaban J connectivity index is 0.000000513. The van der Waals surface area contributed by atoms with Crippen LogP contribution in [0.3, 0.4) is 0 Å². The Morgan fingerprint density at radius 3 is 2.19 bits per heavy atom. The van der Waals surface area contributed by atoms with Crippen LogP contribution < -0.4 is 9.64 Å². The van der Waals surface area contributed by atoms with Crippen molar-refractivity contribution in [3.05, 3.63) is 57.6 Å². The van der Waals surface area contributed by atoms with E-state index in [-0.39, 0.29) is 5.91 Å². The Labute approximate surface area is 193 Å². The third-order valence-corrected chi connectivity index (χ3v) is 6.26. The van der Waals surface area contributed by atoms with Crippen LogP contribution in [0.25, 0.3) is 0 Å². The summed E-state index contributed by atoms with van der Waals surface area (Å²) in [5, 5.41) is 0. The van der Waals surface area contributed by atoms with Gasteiger partial charge in [-0.1, -0.05) is 32.4 Å². The fourth-order valence-corrected chi connectivity index (χ4v) is 4.57. The van der Waals surface area contributed by atoms with Crippen molar-refractivity contribution in [2.24, 2.45) is 0 Å². The van der Waals surface area contributed by atoms with Crippen molar-refractivity contribution in [2.45, 2.75) is 52.0 Å². The average Bonchev–Trinajstić information content (AvgIpc) is 3.04. The minimum atomic E-state index is -0.441. The minimum Gasteiger partial charge on any atom is -0.497 e. The van der Waals surface area contributed by atoms with Gasteiger partial charge in [-0.15, -0.1) is 0 Å². The lowest BCUT2D eigenvalue weighted by Crippen LogP contribution is -2.44. The summed E-state index contributed by atoms with van der Waals surface area (Å²) in [6.45, 7) is 7.29. The van der Waals surface area contributed by atoms with Crippen molar-refractivity contribution in [3.63, 3.8) is 0 Å². The molecule has 1 saturated carbocycles. The molecule has 1 heterocycles. The molecule has 1 spiro atoms. The highest BCUT2D eigenvalue weighted by atomic mass is 79.9. The Hall–Kier alpha value is -2.18. The second-order valence-electron chi connectivity index (χ2n) is 7.27. The van der Waals surface area contributed by atoms with Gasteiger partial charge < -0.3 is 14.4 Å². The Morgan fingerprint density at radius 1 is 1.13 bits per heavy atom. The molecule has 0 saturated heterocycles. The van der Waals surface area contributed by atoms with Crippen LogP contribution >= 0.6 is 15.9 Å². The summed E-state index contributed by atoms with van der Waals surface area (Å²) in [7, 11) is 3.32. The summed E-state index contributed by atoms with van der Waals surface area (Å²) in [4.78, 5) is 26.4. The number of carbonyl (C=O) groups excluding carboxylic acids is 2. The summed E-state index contributed by atoms with van der Waals surface area (Å²) in [5.41, 5.74) is 3.11. The molecule has 6 heteroatoms. The Bertz CT molecular complexity index is 889. The van der Waals surface area contributed by atoms with Crippen LogP contribution in [0.1, 0.15) is 61.5 Å². The molecule has 0 atom stereocenters. The number of methoxy groups -OCH3 is 2. The maximum absolute atomic E-state index is 13.2. The molecule has 1 aliphatic heterocycles. The van der Waals surface area contributed by atoms with Gasteiger partial charge >= 0.3 is 0 Å². The van der Waals surface area contributed by atoms with E-state index in [9.17, 15) is 9.59 Å². The monoisotopic (exact) mass is 489 g/mol. The highest BCUT2D eigenvalue weighted by molar-refractivity contribution is 9.10. The van der Waals surface area contributed by atoms with Gasteiger partial charge in [-0.3, -0.25) is 9.59 Å². The zero-order valence-electron chi connectivity index (χ0n) is 19.0. The van der Waals surface area contributed by atoms with Crippen LogP contribution in [0.2, 0.25) is 0 Å². The van der Waals surface area contributed by atoms with Gasteiger partial charge in [0.1, 0.15) is 12.0 Å². The maximum atomic E-state index is 13.2. The number of carbonyl (C=O) groups is 2. The minimum absolute atomic E-state index is 0.147. The third-order valence-electron chi connectivity index (χ3n) is 5.66. The van der Waals surface area contributed by atoms with Gasteiger partial charge in [-0.2, -0.15) is 0 Å². The Kier molecular flexibility index (Phi) is 9.26. The first-order valence-electron chi connectivity index (χ1n) is 10.7. The van der Waals surface area contributed by atoms with Gasteiger partial charge in [0.15, 0.2) is 0 Å². The summed E-state index contributed by atoms with van der Waals surface area (Å²) in [5.74, 6) is 0.942. The van der Waals surface area contributed by atoms with Crippen LogP contribution in [0.4, 0.5) is 5.69 Å². The number of hydrogen-bond donors (Lipinski definition) is 0. The molecular formula is C25H32BrNO4. The van der Waals surface area contributed by atoms with E-state index in [1.54, 1.807) is 20.3 Å². The molecule has 31 heavy (non-hydrogen) atoms. The molecule has 0 bridgehead atoms. The van der Waals surface area contributed by atoms with Crippen LogP contribution in [0.15, 0.2) is 40.9 Å². The lowest BCUT2D eigenvalue weighted by Gasteiger charge is -2.37. The van der Waals surface area contributed by atoms with Gasteiger partial charge in [0.05, 0.1) is 24.8 Å². The molecule has 0 unspecified atom stereocenters. The maximum Gasteiger partial charge on any atom is 0.238 e. The van der Waals surface area contributed by atoms with Crippen LogP contribution in [-0.4, -0.2) is 33.0 Å². The summed E-state index contributed by atoms with van der Waals surface area (Å²) in [6, 6.07) is 11.4. The van der Waals surface area contributed by atoms with Crippen molar-refractivity contribution in [1.82, 2.24) is 0 Å². The van der Waals surface area contributed by atoms with Gasteiger partial charge in [-0.25, -0.2) is 0 Å². The predicted molar refractivity (Wildman–Crippen MR) is 128 cm³/mol. The average molecular weight is 490 g/mol. The molecule has 168 valence electrons. The van der Waals surface area contributed by atoms with Crippen LogP contribution in [0, 0.1) is 0 Å². The molecule has 5 nitrogen and oxygen atoms in total. The van der Waals surface area contributed by atoms with E-state index in [1.807, 2.05) is 56.0 Å². The first kappa shape index (κ1) is 25.1. The van der Waals surface area contributed by atoms with Gasteiger partial charge in [0.2, 0.25) is 5.91 Å². The fraction of sp³-hybridized carbons (Fsp3) is 0.440. The van der Waals surface area contributed by atoms with E-state index in [2.05, 4.69) is 20.7 Å². The molecular weight excluding hydrogens is 458 g/mol. The highest BCUT2D eigenvalue weighted by Gasteiger charge is 2.55. The van der Waals surface area contributed by atoms with Crippen molar-refractivity contribution < 1.29 is 19.1 Å². The SMILES string of the molecule is CC.CCOC.COc1ccc(CN2C(=O)C3(CCC3)c3cc(C=O)cc(Br)c32)cc1. The lowest BCUT2D eigenvalue weighted by atomic mass is 9.65. The number of benzene rings is 2. The fourth-order valence-electron chi connectivity index (χ4n) is 3.88. The Morgan fingerprint density at radius 2 is 1.74 bits per heavy atom. The highest BCUT2D eigenvalue weighted by Crippen LogP contribution is 2.55. The predicted octanol–water partition coefficient (Wildman–Crippen LogP) is 5.92. The third kappa shape index (κ3) is 5.01. The molecule has 1 aliphatic carbocycles. The largest absolute Gasteiger partial charge is 0.497 e. The number of ether oxygens (including phenoxy) is 2. The summed E-state index contributed by atoms with van der Waals surface area (Å²) >= 11 is 3.58. The van der Waals surface area contributed by atoms with Crippen molar-refractivity contribution in [1.29, 1.82) is 0 Å². The van der Waals surface area contributed by atoms with Crippen LogP contribution in [0.5, 0.6) is 5.75 Å². The smallest absolute Gasteiger partial charge is 0.238 e. The zero-order chi connectivity index (χ0) is 23.0. The first-order valence-corrected chi connectivity index (χ1v) is 11.5. The molecule has 2 aromatic carbocycles. The van der Waals surface area contributed by atoms with E-state index in [0.29, 0.717) is 12.1 Å². The molecule has 0 aromatic heterocycles. The van der Waals surface area contributed by atoms with Crippen LogP contribution in [-0.2, 0) is 21.5 Å². The molecule has 1 amide bonds. The second-order valence-corrected chi connectivity index (χ2v) is 8.12. The normalized spacial score (nSPS) is 15.2. The molecule has 2 aliphatic rings. The number of rotatable bonds is 5. The number of halogens is 1. The number of aldehydes is 1. The zero-order valence-corrected chi connectivity index (χ0v) is 20.6. The number of amides is 1. The van der Waals surface area contributed by atoms with E-state index in [0.717, 1.165) is 59.2 Å². The topological polar surface area (TPSA) is 55.8 Å². The number of anilines is 1. The number of nitrogens with zero attached hydrogens (tertiary/aromatic N) is 1. The van der Waals surface area contributed by atoms with Gasteiger partial charge in [0.25, 0.3) is 0 Å². The lowest BCUT2D eigenvalue weighted by molar-refractivity contribution is -0.126. The van der Waals surface area contributed by atoms with E-state index >= 15 is 0 Å². The van der Waals surface area contributed by atoms with Gasteiger partial charge in [0, 0.05) is 23.8 Å². The molecule has 4 rings (SSSR count). The number of fused-ring (bicyclic) bond motifs is 2. The van der Waals surface area contributed by atoms with Crippen molar-refractivity contribution in [3.8, 4) is 5.75 Å². The van der Waals surface area contributed by atoms with Gasteiger partial charge in [-0.05, 0) is 71.1 Å². The van der Waals surface area contributed by atoms with Crippen molar-refractivity contribution in [2.75, 3.05) is 25.7 Å². The van der Waals surface area contributed by atoms with E-state index in [1.165, 1.54) is 0 Å². The standard InChI is InChI=1S/C20H18BrNO3.C3H8O.C2H6/c1-25-15-5-3-13(4-6-15)11-22-18-16(9-14(12-23)10-17(18)21)20(19(22)24)7-2-8-20;1-3-4-2;1-2/h3-6,9-10,12H,2,7-8,11H2,1H3;3H2,1-2H3;1-2H3. The quantitative estimate of drug-likeness (QED) is 0.489.